The number of carboxylic acids is 1. The molecule has 3 aromatic carbocycles. The molecule has 6 heteroatoms. The predicted octanol–water partition coefficient (Wildman–Crippen LogP) is 5.48. The van der Waals surface area contributed by atoms with Crippen LogP contribution in [0.1, 0.15) is 87.3 Å². The van der Waals surface area contributed by atoms with Crippen LogP contribution in [-0.4, -0.2) is 32.9 Å². The fourth-order valence-electron chi connectivity index (χ4n) is 4.84. The highest BCUT2D eigenvalue weighted by Gasteiger charge is 2.37. The van der Waals surface area contributed by atoms with Crippen LogP contribution in [0.3, 0.4) is 0 Å². The number of carbonyl (C=O) groups excluding carboxylic acids is 2. The van der Waals surface area contributed by atoms with Crippen molar-refractivity contribution >= 4 is 28.3 Å². The fraction of sp³-hybridized carbons (Fsp3) is 0.296. The molecule has 1 aliphatic carbocycles. The topological polar surface area (TPSA) is 112 Å². The molecule has 3 aromatic rings. The highest BCUT2D eigenvalue weighted by atomic mass is 16.4. The molecule has 0 heterocycles. The number of hydrogen-bond acceptors (Lipinski definition) is 5. The highest BCUT2D eigenvalue weighted by Crippen LogP contribution is 2.46. The van der Waals surface area contributed by atoms with Crippen molar-refractivity contribution in [3.05, 3.63) is 69.8 Å². The zero-order valence-electron chi connectivity index (χ0n) is 18.6. The first kappa shape index (κ1) is 22.5. The molecule has 4 rings (SSSR count). The summed E-state index contributed by atoms with van der Waals surface area (Å²) in [5, 5.41) is 32.2. The van der Waals surface area contributed by atoms with Gasteiger partial charge in [-0.3, -0.25) is 9.59 Å². The van der Waals surface area contributed by atoms with Gasteiger partial charge in [0.05, 0.1) is 16.7 Å². The number of hydrogen-bond donors (Lipinski definition) is 3. The average Bonchev–Trinajstić information content (AvgIpc) is 2.81. The van der Waals surface area contributed by atoms with Gasteiger partial charge >= 0.3 is 5.97 Å². The lowest BCUT2D eigenvalue weighted by atomic mass is 9.80. The minimum atomic E-state index is -1.26. The molecule has 1 atom stereocenters. The van der Waals surface area contributed by atoms with Gasteiger partial charge in [0.25, 0.3) is 0 Å². The fourth-order valence-corrected chi connectivity index (χ4v) is 4.84. The third kappa shape index (κ3) is 3.55. The maximum absolute atomic E-state index is 13.2. The number of phenolic OH excluding ortho intramolecular Hbond substituents is 2. The minimum absolute atomic E-state index is 0.0366. The van der Waals surface area contributed by atoms with Crippen molar-refractivity contribution in [3.63, 3.8) is 0 Å². The second kappa shape index (κ2) is 8.70. The highest BCUT2D eigenvalue weighted by molar-refractivity contribution is 6.33. The zero-order chi connectivity index (χ0) is 23.9. The molecule has 3 N–H and O–H groups in total. The van der Waals surface area contributed by atoms with Gasteiger partial charge in [0.1, 0.15) is 11.5 Å². The smallest absolute Gasteiger partial charge is 0.336 e. The Labute approximate surface area is 191 Å². The van der Waals surface area contributed by atoms with Crippen molar-refractivity contribution in [2.45, 2.75) is 46.0 Å². The van der Waals surface area contributed by atoms with Crippen molar-refractivity contribution < 1.29 is 29.7 Å². The van der Waals surface area contributed by atoms with E-state index >= 15 is 0 Å². The van der Waals surface area contributed by atoms with E-state index in [0.717, 1.165) is 25.7 Å². The molecule has 1 unspecified atom stereocenters. The van der Waals surface area contributed by atoms with Crippen LogP contribution in [0.15, 0.2) is 36.4 Å². The van der Waals surface area contributed by atoms with Gasteiger partial charge in [-0.05, 0) is 17.9 Å². The lowest BCUT2D eigenvalue weighted by Crippen LogP contribution is -2.21. The van der Waals surface area contributed by atoms with E-state index in [2.05, 4.69) is 13.8 Å². The van der Waals surface area contributed by atoms with Crippen LogP contribution in [0, 0.1) is 5.92 Å². The maximum Gasteiger partial charge on any atom is 0.336 e. The van der Waals surface area contributed by atoms with Crippen molar-refractivity contribution in [2.75, 3.05) is 0 Å². The number of unbranched alkanes of at least 4 members (excludes halogenated alkanes) is 1. The van der Waals surface area contributed by atoms with Gasteiger partial charge in [-0.25, -0.2) is 4.79 Å². The van der Waals surface area contributed by atoms with Gasteiger partial charge in [-0.2, -0.15) is 0 Å². The summed E-state index contributed by atoms with van der Waals surface area (Å²) in [6.07, 6.45) is 4.40. The number of ketones is 2. The molecular formula is C27H26O6. The van der Waals surface area contributed by atoms with Crippen molar-refractivity contribution in [3.8, 4) is 11.5 Å². The van der Waals surface area contributed by atoms with Gasteiger partial charge in [0, 0.05) is 21.9 Å². The second-order valence-corrected chi connectivity index (χ2v) is 8.60. The molecule has 0 spiro atoms. The Bertz CT molecular complexity index is 1300. The molecule has 0 saturated carbocycles. The quantitative estimate of drug-likeness (QED) is 0.324. The number of benzene rings is 3. The van der Waals surface area contributed by atoms with Crippen LogP contribution < -0.4 is 0 Å². The third-order valence-electron chi connectivity index (χ3n) is 6.64. The molecule has 0 bridgehead atoms. The summed E-state index contributed by atoms with van der Waals surface area (Å²) in [6, 6.07) is 9.35. The van der Waals surface area contributed by atoms with Gasteiger partial charge in [0.2, 0.25) is 0 Å². The summed E-state index contributed by atoms with van der Waals surface area (Å²) in [7, 11) is 0. The Kier molecular flexibility index (Phi) is 5.93. The third-order valence-corrected chi connectivity index (χ3v) is 6.64. The largest absolute Gasteiger partial charge is 0.506 e. The summed E-state index contributed by atoms with van der Waals surface area (Å²) in [5.41, 5.74) is 0.00632. The van der Waals surface area contributed by atoms with E-state index in [4.69, 9.17) is 0 Å². The molecule has 0 radical (unpaired) electrons. The van der Waals surface area contributed by atoms with Crippen LogP contribution in [0.25, 0.3) is 10.8 Å². The summed E-state index contributed by atoms with van der Waals surface area (Å²) >= 11 is 0. The number of phenols is 2. The standard InChI is InChI=1S/C27H26O6/c1-3-5-8-14(4-2)13-15-11-12-18-20(19(15)27(32)33)26(31)22-21(25(18)30)23(28)16-9-6-7-10-17(16)24(22)29/h6-7,9-12,14,30-31H,3-5,8,13H2,1-2H3,(H,32,33). The molecule has 33 heavy (non-hydrogen) atoms. The normalized spacial score (nSPS) is 13.6. The Morgan fingerprint density at radius 1 is 0.909 bits per heavy atom. The second-order valence-electron chi connectivity index (χ2n) is 8.60. The van der Waals surface area contributed by atoms with E-state index in [-0.39, 0.29) is 44.5 Å². The van der Waals surface area contributed by atoms with Gasteiger partial charge in [0.15, 0.2) is 11.6 Å². The van der Waals surface area contributed by atoms with Crippen LogP contribution in [0.5, 0.6) is 11.5 Å². The van der Waals surface area contributed by atoms with E-state index in [1.165, 1.54) is 18.2 Å². The van der Waals surface area contributed by atoms with Crippen LogP contribution >= 0.6 is 0 Å². The minimum Gasteiger partial charge on any atom is -0.506 e. The van der Waals surface area contributed by atoms with Crippen LogP contribution in [-0.2, 0) is 6.42 Å². The zero-order valence-corrected chi connectivity index (χ0v) is 18.6. The first-order valence-electron chi connectivity index (χ1n) is 11.3. The molecule has 0 saturated heterocycles. The molecule has 0 fully saturated rings. The Hall–Kier alpha value is -3.67. The Morgan fingerprint density at radius 2 is 1.52 bits per heavy atom. The first-order chi connectivity index (χ1) is 15.8. The molecule has 170 valence electrons. The SMILES string of the molecule is CCCCC(CC)Cc1ccc2c(O)c3c(c(O)c2c1C(=O)O)C(=O)c1ccccc1C3=O. The van der Waals surface area contributed by atoms with E-state index < -0.39 is 29.0 Å². The maximum atomic E-state index is 13.2. The van der Waals surface area contributed by atoms with Crippen LogP contribution in [0.2, 0.25) is 0 Å². The molecule has 0 aliphatic heterocycles. The summed E-state index contributed by atoms with van der Waals surface area (Å²) in [4.78, 5) is 38.7. The molecular weight excluding hydrogens is 420 g/mol. The van der Waals surface area contributed by atoms with Crippen molar-refractivity contribution in [1.29, 1.82) is 0 Å². The number of rotatable bonds is 7. The number of fused-ring (bicyclic) bond motifs is 3. The number of aromatic carboxylic acids is 1. The first-order valence-corrected chi connectivity index (χ1v) is 11.3. The van der Waals surface area contributed by atoms with Gasteiger partial charge in [-0.15, -0.1) is 0 Å². The van der Waals surface area contributed by atoms with Gasteiger partial charge in [-0.1, -0.05) is 75.9 Å². The van der Waals surface area contributed by atoms with Crippen molar-refractivity contribution in [1.82, 2.24) is 0 Å². The summed E-state index contributed by atoms with van der Waals surface area (Å²) in [5.74, 6) is -3.26. The lowest BCUT2D eigenvalue weighted by Gasteiger charge is -2.23. The monoisotopic (exact) mass is 446 g/mol. The van der Waals surface area contributed by atoms with E-state index in [9.17, 15) is 29.7 Å². The number of carbonyl (C=O) groups is 3. The van der Waals surface area contributed by atoms with E-state index in [1.54, 1.807) is 18.2 Å². The molecule has 0 aromatic heterocycles. The summed E-state index contributed by atoms with van der Waals surface area (Å²) in [6.45, 7) is 4.16. The van der Waals surface area contributed by atoms with Gasteiger partial charge < -0.3 is 15.3 Å². The summed E-state index contributed by atoms with van der Waals surface area (Å²) < 4.78 is 0. The Morgan fingerprint density at radius 3 is 2.06 bits per heavy atom. The van der Waals surface area contributed by atoms with Crippen LogP contribution in [0.4, 0.5) is 0 Å². The average molecular weight is 446 g/mol. The van der Waals surface area contributed by atoms with Crippen molar-refractivity contribution in [2.24, 2.45) is 5.92 Å². The lowest BCUT2D eigenvalue weighted by molar-refractivity contribution is 0.0696. The Balaban J connectivity index is 1.99. The van der Waals surface area contributed by atoms with E-state index in [1.807, 2.05) is 0 Å². The molecule has 1 aliphatic rings. The van der Waals surface area contributed by atoms with E-state index in [0.29, 0.717) is 12.0 Å². The molecule has 6 nitrogen and oxygen atoms in total. The molecule has 0 amide bonds. The predicted molar refractivity (Wildman–Crippen MR) is 125 cm³/mol. The number of carboxylic acid groups (broad SMARTS) is 1. The number of aromatic hydroxyl groups is 2.